The first-order valence-electron chi connectivity index (χ1n) is 12.5. The van der Waals surface area contributed by atoms with Gasteiger partial charge in [0.15, 0.2) is 0 Å². The van der Waals surface area contributed by atoms with E-state index in [-0.39, 0.29) is 29.8 Å². The van der Waals surface area contributed by atoms with Gasteiger partial charge in [-0.05, 0) is 66.6 Å². The van der Waals surface area contributed by atoms with E-state index in [9.17, 15) is 9.59 Å². The molecule has 6 heteroatoms. The number of fused-ring (bicyclic) bond motifs is 4. The molecular formula is C29H30N4O2. The van der Waals surface area contributed by atoms with Gasteiger partial charge in [0.05, 0.1) is 6.04 Å². The minimum atomic E-state index is -0.245. The molecule has 0 bridgehead atoms. The minimum absolute atomic E-state index is 0.0288. The number of hydrogen-bond donors (Lipinski definition) is 3. The zero-order valence-corrected chi connectivity index (χ0v) is 19.9. The summed E-state index contributed by atoms with van der Waals surface area (Å²) >= 11 is 0. The highest BCUT2D eigenvalue weighted by atomic mass is 16.2. The van der Waals surface area contributed by atoms with E-state index in [4.69, 9.17) is 0 Å². The van der Waals surface area contributed by atoms with Gasteiger partial charge in [0.1, 0.15) is 6.04 Å². The second kappa shape index (κ2) is 8.95. The van der Waals surface area contributed by atoms with Crippen LogP contribution in [0.5, 0.6) is 0 Å². The number of hydrazine groups is 1. The summed E-state index contributed by atoms with van der Waals surface area (Å²) in [5.74, 6) is 0.309. The van der Waals surface area contributed by atoms with Crippen molar-refractivity contribution >= 4 is 17.5 Å². The van der Waals surface area contributed by atoms with Crippen LogP contribution >= 0.6 is 0 Å². The van der Waals surface area contributed by atoms with Gasteiger partial charge in [0.2, 0.25) is 5.91 Å². The van der Waals surface area contributed by atoms with E-state index in [2.05, 4.69) is 46.5 Å². The van der Waals surface area contributed by atoms with Crippen LogP contribution < -0.4 is 21.1 Å². The quantitative estimate of drug-likeness (QED) is 0.550. The molecule has 0 aromatic heterocycles. The first-order valence-corrected chi connectivity index (χ1v) is 12.5. The fraction of sp³-hybridized carbons (Fsp3) is 0.310. The first kappa shape index (κ1) is 22.0. The summed E-state index contributed by atoms with van der Waals surface area (Å²) in [6.07, 6.45) is 2.82. The van der Waals surface area contributed by atoms with Crippen molar-refractivity contribution in [3.05, 3.63) is 100 Å². The summed E-state index contributed by atoms with van der Waals surface area (Å²) in [6.45, 7) is 3.16. The molecule has 35 heavy (non-hydrogen) atoms. The number of carbonyl (C=O) groups excluding carboxylic acids is 2. The molecule has 3 atom stereocenters. The number of rotatable bonds is 4. The summed E-state index contributed by atoms with van der Waals surface area (Å²) in [5.41, 5.74) is 14.3. The minimum Gasteiger partial charge on any atom is -0.351 e. The van der Waals surface area contributed by atoms with Crippen LogP contribution in [0.3, 0.4) is 0 Å². The van der Waals surface area contributed by atoms with E-state index in [0.717, 1.165) is 47.2 Å². The SMILES string of the molecule is Cc1cccc(C(=O)N2CCc3cc(CNC(=O)C4NNC5c6ccccc6CCC45)ccc32)c1. The lowest BCUT2D eigenvalue weighted by Gasteiger charge is -2.29. The van der Waals surface area contributed by atoms with Crippen LogP contribution in [0, 0.1) is 12.8 Å². The number of nitrogens with zero attached hydrogens (tertiary/aromatic N) is 1. The first-order chi connectivity index (χ1) is 17.1. The molecule has 2 amide bonds. The molecule has 0 radical (unpaired) electrons. The Morgan fingerprint density at radius 3 is 2.74 bits per heavy atom. The van der Waals surface area contributed by atoms with E-state index < -0.39 is 0 Å². The summed E-state index contributed by atoms with van der Waals surface area (Å²) in [4.78, 5) is 28.0. The fourth-order valence-corrected chi connectivity index (χ4v) is 5.88. The largest absolute Gasteiger partial charge is 0.351 e. The summed E-state index contributed by atoms with van der Waals surface area (Å²) < 4.78 is 0. The number of amides is 2. The predicted molar refractivity (Wildman–Crippen MR) is 136 cm³/mol. The normalized spacial score (nSPS) is 22.3. The summed E-state index contributed by atoms with van der Waals surface area (Å²) in [7, 11) is 0. The average Bonchev–Trinajstić information content (AvgIpc) is 3.51. The summed E-state index contributed by atoms with van der Waals surface area (Å²) in [6, 6.07) is 22.3. The van der Waals surface area contributed by atoms with Crippen LogP contribution in [0.1, 0.15) is 50.6 Å². The average molecular weight is 467 g/mol. The van der Waals surface area contributed by atoms with Crippen molar-refractivity contribution in [2.45, 2.75) is 44.8 Å². The van der Waals surface area contributed by atoms with Crippen LogP contribution in [0.15, 0.2) is 66.7 Å². The molecule has 1 aliphatic carbocycles. The number of benzene rings is 3. The van der Waals surface area contributed by atoms with Crippen LogP contribution in [-0.2, 0) is 24.2 Å². The second-order valence-electron chi connectivity index (χ2n) is 9.90. The highest BCUT2D eigenvalue weighted by Gasteiger charge is 2.43. The Morgan fingerprint density at radius 1 is 0.971 bits per heavy atom. The Labute approximate surface area is 205 Å². The topological polar surface area (TPSA) is 73.5 Å². The van der Waals surface area contributed by atoms with Crippen molar-refractivity contribution in [2.24, 2.45) is 5.92 Å². The van der Waals surface area contributed by atoms with Gasteiger partial charge in [0.25, 0.3) is 5.91 Å². The molecule has 3 aliphatic rings. The van der Waals surface area contributed by atoms with Gasteiger partial charge in [-0.25, -0.2) is 10.9 Å². The predicted octanol–water partition coefficient (Wildman–Crippen LogP) is 3.59. The van der Waals surface area contributed by atoms with E-state index in [0.29, 0.717) is 13.1 Å². The Hall–Kier alpha value is -3.48. The van der Waals surface area contributed by atoms with Crippen molar-refractivity contribution in [1.29, 1.82) is 0 Å². The maximum Gasteiger partial charge on any atom is 0.258 e. The van der Waals surface area contributed by atoms with E-state index in [1.807, 2.05) is 48.2 Å². The molecule has 0 spiro atoms. The Kier molecular flexibility index (Phi) is 5.63. The zero-order chi connectivity index (χ0) is 23.9. The molecule has 3 aromatic carbocycles. The van der Waals surface area contributed by atoms with Crippen molar-refractivity contribution < 1.29 is 9.59 Å². The van der Waals surface area contributed by atoms with Crippen molar-refractivity contribution in [1.82, 2.24) is 16.2 Å². The third-order valence-corrected chi connectivity index (χ3v) is 7.69. The highest BCUT2D eigenvalue weighted by molar-refractivity contribution is 6.07. The maximum atomic E-state index is 13.1. The van der Waals surface area contributed by atoms with Gasteiger partial charge in [0, 0.05) is 30.3 Å². The Bertz CT molecular complexity index is 1300. The molecule has 3 N–H and O–H groups in total. The molecule has 0 saturated carbocycles. The Balaban J connectivity index is 1.11. The Morgan fingerprint density at radius 2 is 1.86 bits per heavy atom. The number of hydrogen-bond acceptors (Lipinski definition) is 4. The smallest absolute Gasteiger partial charge is 0.258 e. The third-order valence-electron chi connectivity index (χ3n) is 7.69. The molecule has 6 nitrogen and oxygen atoms in total. The van der Waals surface area contributed by atoms with E-state index in [1.54, 1.807) is 0 Å². The van der Waals surface area contributed by atoms with Crippen molar-refractivity contribution in [3.63, 3.8) is 0 Å². The van der Waals surface area contributed by atoms with Crippen molar-refractivity contribution in [3.8, 4) is 0 Å². The maximum absolute atomic E-state index is 13.1. The lowest BCUT2D eigenvalue weighted by Crippen LogP contribution is -2.45. The molecule has 3 unspecified atom stereocenters. The molecule has 178 valence electrons. The van der Waals surface area contributed by atoms with Gasteiger partial charge < -0.3 is 10.2 Å². The standard InChI is InChI=1S/C29H30N4O2/c1-18-5-4-7-22(15-18)29(35)33-14-13-21-16-19(9-12-25(21)33)17-30-28(34)27-24-11-10-20-6-2-3-8-23(20)26(24)31-32-27/h2-9,12,15-16,24,26-27,31-32H,10-11,13-14,17H2,1H3,(H,30,34). The van der Waals surface area contributed by atoms with E-state index in [1.165, 1.54) is 11.1 Å². The van der Waals surface area contributed by atoms with Gasteiger partial charge in [-0.15, -0.1) is 0 Å². The van der Waals surface area contributed by atoms with Gasteiger partial charge in [-0.3, -0.25) is 9.59 Å². The second-order valence-corrected chi connectivity index (χ2v) is 9.90. The highest BCUT2D eigenvalue weighted by Crippen LogP contribution is 2.39. The monoisotopic (exact) mass is 466 g/mol. The number of carbonyl (C=O) groups is 2. The van der Waals surface area contributed by atoms with Gasteiger partial charge in [-0.1, -0.05) is 54.1 Å². The van der Waals surface area contributed by atoms with Crippen LogP contribution in [0.25, 0.3) is 0 Å². The molecular weight excluding hydrogens is 436 g/mol. The van der Waals surface area contributed by atoms with Gasteiger partial charge >= 0.3 is 0 Å². The lowest BCUT2D eigenvalue weighted by atomic mass is 9.77. The molecule has 1 fully saturated rings. The molecule has 2 aliphatic heterocycles. The number of anilines is 1. The van der Waals surface area contributed by atoms with Crippen LogP contribution in [0.2, 0.25) is 0 Å². The molecule has 6 rings (SSSR count). The molecule has 1 saturated heterocycles. The number of aryl methyl sites for hydroxylation is 2. The molecule has 3 aromatic rings. The van der Waals surface area contributed by atoms with Gasteiger partial charge in [-0.2, -0.15) is 0 Å². The van der Waals surface area contributed by atoms with E-state index >= 15 is 0 Å². The fourth-order valence-electron chi connectivity index (χ4n) is 5.88. The van der Waals surface area contributed by atoms with Crippen molar-refractivity contribution in [2.75, 3.05) is 11.4 Å². The van der Waals surface area contributed by atoms with Crippen LogP contribution in [0.4, 0.5) is 5.69 Å². The number of nitrogens with one attached hydrogen (secondary N) is 3. The lowest BCUT2D eigenvalue weighted by molar-refractivity contribution is -0.124. The molecule has 2 heterocycles. The third kappa shape index (κ3) is 4.03. The zero-order valence-electron chi connectivity index (χ0n) is 19.9. The van der Waals surface area contributed by atoms with Crippen LogP contribution in [-0.4, -0.2) is 24.4 Å². The summed E-state index contributed by atoms with van der Waals surface area (Å²) in [5, 5.41) is 3.13.